The van der Waals surface area contributed by atoms with E-state index in [2.05, 4.69) is 10.2 Å². The molecule has 0 unspecified atom stereocenters. The van der Waals surface area contributed by atoms with Gasteiger partial charge in [0, 0.05) is 33.9 Å². The largest absolute Gasteiger partial charge is 0.477 e. The van der Waals surface area contributed by atoms with Gasteiger partial charge >= 0.3 is 11.9 Å². The van der Waals surface area contributed by atoms with Crippen molar-refractivity contribution >= 4 is 50.8 Å². The second kappa shape index (κ2) is 12.7. The first-order valence-electron chi connectivity index (χ1n) is 15.3. The fourth-order valence-electron chi connectivity index (χ4n) is 7.21. The van der Waals surface area contributed by atoms with Crippen molar-refractivity contribution in [3.63, 3.8) is 0 Å². The molecule has 0 spiro atoms. The zero-order valence-corrected chi connectivity index (χ0v) is 27.7. The third kappa shape index (κ3) is 6.21. The van der Waals surface area contributed by atoms with E-state index in [1.165, 1.54) is 22.7 Å². The Morgan fingerprint density at radius 3 is 2.32 bits per heavy atom. The third-order valence-electron chi connectivity index (χ3n) is 9.34. The van der Waals surface area contributed by atoms with E-state index >= 15 is 0 Å². The predicted molar refractivity (Wildman–Crippen MR) is 176 cm³/mol. The van der Waals surface area contributed by atoms with E-state index in [0.717, 1.165) is 37.0 Å². The Morgan fingerprint density at radius 2 is 1.66 bits per heavy atom. The highest BCUT2D eigenvalue weighted by Crippen LogP contribution is 2.54. The number of carbonyl (C=O) groups excluding carboxylic acids is 1. The molecule has 1 amide bonds. The second-order valence-electron chi connectivity index (χ2n) is 12.2. The van der Waals surface area contributed by atoms with Crippen LogP contribution in [0.1, 0.15) is 65.5 Å². The minimum Gasteiger partial charge on any atom is -0.477 e. The summed E-state index contributed by atoms with van der Waals surface area (Å²) in [5.41, 5.74) is 2.87. The molecule has 0 saturated heterocycles. The smallest absolute Gasteiger partial charge is 0.379 e. The molecule has 1 saturated carbocycles. The zero-order chi connectivity index (χ0) is 33.7. The van der Waals surface area contributed by atoms with Gasteiger partial charge in [-0.25, -0.2) is 13.2 Å². The van der Waals surface area contributed by atoms with Crippen molar-refractivity contribution in [3.8, 4) is 0 Å². The summed E-state index contributed by atoms with van der Waals surface area (Å²) in [5, 5.41) is 12.7. The van der Waals surface area contributed by atoms with Crippen molar-refractivity contribution in [2.45, 2.75) is 62.1 Å². The monoisotopic (exact) mass is 703 g/mol. The van der Waals surface area contributed by atoms with E-state index < -0.39 is 39.4 Å². The number of nitrogens with one attached hydrogen (secondary N) is 1. The topological polar surface area (TPSA) is 107 Å². The van der Waals surface area contributed by atoms with Gasteiger partial charge in [0.15, 0.2) is 0 Å². The fourth-order valence-corrected chi connectivity index (χ4v) is 8.76. The van der Waals surface area contributed by atoms with E-state index in [1.54, 1.807) is 18.3 Å². The third-order valence-corrected chi connectivity index (χ3v) is 11.0. The van der Waals surface area contributed by atoms with Gasteiger partial charge < -0.3 is 15.3 Å². The number of rotatable bonds is 8. The first-order chi connectivity index (χ1) is 22.3. The number of amides is 1. The van der Waals surface area contributed by atoms with Crippen LogP contribution in [-0.4, -0.2) is 59.5 Å². The molecule has 8 nitrogen and oxygen atoms in total. The number of hydrogen-bond acceptors (Lipinski definition) is 5. The van der Waals surface area contributed by atoms with Gasteiger partial charge in [0.25, 0.3) is 0 Å². The van der Waals surface area contributed by atoms with E-state index in [0.29, 0.717) is 45.3 Å². The summed E-state index contributed by atoms with van der Waals surface area (Å²) in [6.07, 6.45) is 6.41. The molecule has 13 heteroatoms. The molecule has 1 fully saturated rings. The number of halogens is 4. The van der Waals surface area contributed by atoms with Crippen molar-refractivity contribution in [2.75, 3.05) is 12.8 Å². The molecular weight excluding hydrogens is 671 g/mol. The highest BCUT2D eigenvalue weighted by atomic mass is 35.5. The summed E-state index contributed by atoms with van der Waals surface area (Å²) < 4.78 is 55.5. The SMILES string of the molecule is CS(=O)(=O)N1C=C2c3ccccc3[C@@H](C(=O)NCCc3ccc(C(F)(F)C(=O)O)cc3)[C@H](c3ccc(Cl)cc3Cl)N2[C@H]2CCCC[C@@H]21. The number of hydrogen-bond donors (Lipinski definition) is 2. The number of fused-ring (bicyclic) bond motifs is 5. The minimum absolute atomic E-state index is 0.184. The van der Waals surface area contributed by atoms with E-state index in [1.807, 2.05) is 30.3 Å². The Morgan fingerprint density at radius 1 is 0.979 bits per heavy atom. The molecule has 3 aliphatic rings. The highest BCUT2D eigenvalue weighted by molar-refractivity contribution is 7.88. The molecule has 2 aliphatic heterocycles. The Bertz CT molecular complexity index is 1850. The molecule has 0 aromatic heterocycles. The second-order valence-corrected chi connectivity index (χ2v) is 15.0. The molecule has 2 N–H and O–H groups in total. The number of carboxylic acids is 1. The maximum Gasteiger partial charge on any atom is 0.379 e. The summed E-state index contributed by atoms with van der Waals surface area (Å²) >= 11 is 13.2. The van der Waals surface area contributed by atoms with E-state index in [-0.39, 0.29) is 24.5 Å². The summed E-state index contributed by atoms with van der Waals surface area (Å²) in [7, 11) is -3.59. The highest BCUT2D eigenvalue weighted by Gasteiger charge is 2.51. The maximum absolute atomic E-state index is 14.3. The molecule has 2 heterocycles. The van der Waals surface area contributed by atoms with Crippen LogP contribution in [0.3, 0.4) is 0 Å². The van der Waals surface area contributed by atoms with Crippen LogP contribution in [0, 0.1) is 0 Å². The summed E-state index contributed by atoms with van der Waals surface area (Å²) in [4.78, 5) is 27.5. The van der Waals surface area contributed by atoms with Gasteiger partial charge in [-0.2, -0.15) is 8.78 Å². The molecule has 0 bridgehead atoms. The molecule has 248 valence electrons. The van der Waals surface area contributed by atoms with Gasteiger partial charge in [-0.15, -0.1) is 0 Å². The molecule has 3 aromatic rings. The molecule has 3 aromatic carbocycles. The van der Waals surface area contributed by atoms with Crippen LogP contribution in [0.25, 0.3) is 5.70 Å². The fraction of sp³-hybridized carbons (Fsp3) is 0.353. The van der Waals surface area contributed by atoms with Gasteiger partial charge in [0.05, 0.1) is 36.0 Å². The number of sulfonamides is 1. The van der Waals surface area contributed by atoms with Crippen molar-refractivity contribution in [1.29, 1.82) is 0 Å². The standard InChI is InChI=1S/C34H33Cl2F2N3O5S/c1-47(45,46)40-19-29-23-6-2-3-7-24(23)30(32(42)39-17-16-20-10-12-21(13-11-20)34(37,38)33(43)44)31(25-15-14-22(35)18-26(25)36)41(29)28-9-5-4-8-27(28)40/h2-3,6-7,10-15,18-19,27-28,30-31H,4-5,8-9,16-17H2,1H3,(H,39,42)(H,43,44)/t27-,28-,30+,31-/m0/s1. The van der Waals surface area contributed by atoms with Crippen LogP contribution in [0.2, 0.25) is 10.0 Å². The average molecular weight is 705 g/mol. The van der Waals surface area contributed by atoms with Crippen LogP contribution in [0.5, 0.6) is 0 Å². The average Bonchev–Trinajstić information content (AvgIpc) is 3.03. The Hall–Kier alpha value is -3.67. The van der Waals surface area contributed by atoms with Gasteiger partial charge in [-0.1, -0.05) is 90.6 Å². The summed E-state index contributed by atoms with van der Waals surface area (Å²) in [5.74, 6) is -7.25. The molecule has 1 aliphatic carbocycles. The molecular formula is C34H33Cl2F2N3O5S. The Balaban J connectivity index is 1.39. The van der Waals surface area contributed by atoms with Crippen LogP contribution in [0.4, 0.5) is 8.78 Å². The first kappa shape index (κ1) is 33.2. The molecule has 0 radical (unpaired) electrons. The van der Waals surface area contributed by atoms with Crippen LogP contribution < -0.4 is 5.32 Å². The van der Waals surface area contributed by atoms with E-state index in [4.69, 9.17) is 28.3 Å². The van der Waals surface area contributed by atoms with Crippen LogP contribution in [0.15, 0.2) is 72.9 Å². The Kier molecular flexibility index (Phi) is 9.01. The maximum atomic E-state index is 14.3. The Labute approximate surface area is 282 Å². The van der Waals surface area contributed by atoms with Crippen LogP contribution in [-0.2, 0) is 32.0 Å². The summed E-state index contributed by atoms with van der Waals surface area (Å²) in [6, 6.07) is 16.5. The van der Waals surface area contributed by atoms with Crippen molar-refractivity contribution in [3.05, 3.63) is 111 Å². The minimum atomic E-state index is -4.00. The number of nitrogens with zero attached hydrogens (tertiary/aromatic N) is 2. The predicted octanol–water partition coefficient (Wildman–Crippen LogP) is 6.55. The van der Waals surface area contributed by atoms with Crippen molar-refractivity contribution in [2.24, 2.45) is 0 Å². The van der Waals surface area contributed by atoms with Crippen molar-refractivity contribution < 1.29 is 31.9 Å². The van der Waals surface area contributed by atoms with Gasteiger partial charge in [-0.3, -0.25) is 9.10 Å². The lowest BCUT2D eigenvalue weighted by molar-refractivity contribution is -0.166. The lowest BCUT2D eigenvalue weighted by Gasteiger charge is -2.56. The number of benzene rings is 3. The van der Waals surface area contributed by atoms with Crippen molar-refractivity contribution in [1.82, 2.24) is 14.5 Å². The van der Waals surface area contributed by atoms with E-state index in [9.17, 15) is 26.8 Å². The quantitative estimate of drug-likeness (QED) is 0.276. The lowest BCUT2D eigenvalue weighted by Crippen LogP contribution is -2.59. The zero-order valence-electron chi connectivity index (χ0n) is 25.4. The molecule has 6 rings (SSSR count). The first-order valence-corrected chi connectivity index (χ1v) is 17.9. The normalized spacial score (nSPS) is 22.4. The van der Waals surface area contributed by atoms with Crippen LogP contribution >= 0.6 is 23.2 Å². The molecule has 4 atom stereocenters. The number of carbonyl (C=O) groups is 2. The molecule has 47 heavy (non-hydrogen) atoms. The van der Waals surface area contributed by atoms with Gasteiger partial charge in [0.2, 0.25) is 15.9 Å². The number of aliphatic carboxylic acids is 1. The lowest BCUT2D eigenvalue weighted by atomic mass is 9.74. The number of alkyl halides is 2. The summed E-state index contributed by atoms with van der Waals surface area (Å²) in [6.45, 7) is 0.184. The van der Waals surface area contributed by atoms with Gasteiger partial charge in [0.1, 0.15) is 0 Å². The van der Waals surface area contributed by atoms with Gasteiger partial charge in [-0.05, 0) is 48.1 Å². The number of carboxylic acid groups (broad SMARTS) is 1.